The van der Waals surface area contributed by atoms with Crippen LogP contribution >= 0.6 is 23.5 Å². The first kappa shape index (κ1) is 55.2. The molecule has 13 aromatic carbocycles. The molecule has 0 saturated heterocycles. The summed E-state index contributed by atoms with van der Waals surface area (Å²) in [5, 5.41) is 7.44. The van der Waals surface area contributed by atoms with Crippen molar-refractivity contribution in [3.8, 4) is 45.3 Å². The Kier molecular flexibility index (Phi) is 12.3. The van der Waals surface area contributed by atoms with Gasteiger partial charge in [-0.3, -0.25) is 0 Å². The number of anilines is 10. The summed E-state index contributed by atoms with van der Waals surface area (Å²) in [5.74, 6) is 3.29. The van der Waals surface area contributed by atoms with E-state index in [1.165, 1.54) is 85.9 Å². The third-order valence-electron chi connectivity index (χ3n) is 20.4. The molecule has 0 radical (unpaired) electrons. The van der Waals surface area contributed by atoms with E-state index >= 15 is 0 Å². The molecule has 0 aromatic heterocycles. The van der Waals surface area contributed by atoms with Crippen molar-refractivity contribution in [1.82, 2.24) is 0 Å². The molecule has 0 spiro atoms. The number of hydrogen-bond acceptors (Lipinski definition) is 8. The number of para-hydroxylation sites is 6. The van der Waals surface area contributed by atoms with Crippen LogP contribution in [0.15, 0.2) is 299 Å². The Morgan fingerprint density at radius 2 is 0.670 bits per heavy atom. The van der Waals surface area contributed by atoms with E-state index in [9.17, 15) is 0 Å². The molecule has 6 nitrogen and oxygen atoms in total. The van der Waals surface area contributed by atoms with Gasteiger partial charge in [0.2, 0.25) is 0 Å². The Bertz CT molecular complexity index is 4880. The lowest BCUT2D eigenvalue weighted by Crippen LogP contribution is -2.62. The van der Waals surface area contributed by atoms with E-state index in [0.717, 1.165) is 90.8 Å². The molecule has 2 N–H and O–H groups in total. The second-order valence-corrected chi connectivity index (χ2v) is 28.6. The largest absolute Gasteiger partial charge is 0.458 e. The average Bonchev–Trinajstić information content (AvgIpc) is 1.27. The van der Waals surface area contributed by atoms with Crippen molar-refractivity contribution < 1.29 is 9.47 Å². The van der Waals surface area contributed by atoms with Crippen molar-refractivity contribution in [1.29, 1.82) is 0 Å². The van der Waals surface area contributed by atoms with Crippen molar-refractivity contribution in [2.45, 2.75) is 58.1 Å². The summed E-state index contributed by atoms with van der Waals surface area (Å²) in [6.07, 6.45) is 0. The second kappa shape index (κ2) is 21.0. The lowest BCUT2D eigenvalue weighted by molar-refractivity contribution is 0.464. The Morgan fingerprint density at radius 1 is 0.309 bits per heavy atom. The number of ether oxygens (including phenoxy) is 2. The topological polar surface area (TPSA) is 49.0 Å². The number of benzene rings is 13. The van der Waals surface area contributed by atoms with Gasteiger partial charge in [0.15, 0.2) is 0 Å². The highest BCUT2D eigenvalue weighted by atomic mass is 32.2. The predicted molar refractivity (Wildman–Crippen MR) is 394 cm³/mol. The normalized spacial score (nSPS) is 14.4. The summed E-state index contributed by atoms with van der Waals surface area (Å²) < 4.78 is 15.2. The molecular formula is C84H60B2N4O2S2. The molecule has 94 heavy (non-hydrogen) atoms. The fraction of sp³-hybridized carbons (Fsp3) is 0.0714. The number of nitrogens with zero attached hydrogens (tertiary/aromatic N) is 2. The van der Waals surface area contributed by atoms with Gasteiger partial charge in [0.1, 0.15) is 23.0 Å². The zero-order valence-electron chi connectivity index (χ0n) is 52.2. The zero-order chi connectivity index (χ0) is 62.6. The smallest absolute Gasteiger partial charge is 0.253 e. The highest BCUT2D eigenvalue weighted by Crippen LogP contribution is 2.57. The Balaban J connectivity index is 0.829. The minimum absolute atomic E-state index is 0.167. The van der Waals surface area contributed by atoms with Gasteiger partial charge in [-0.05, 0) is 176 Å². The summed E-state index contributed by atoms with van der Waals surface area (Å²) in [7, 11) is 0. The molecule has 0 atom stereocenters. The molecule has 0 saturated carbocycles. The molecule has 0 bridgehead atoms. The van der Waals surface area contributed by atoms with Crippen molar-refractivity contribution in [3.05, 3.63) is 301 Å². The van der Waals surface area contributed by atoms with Gasteiger partial charge < -0.3 is 29.9 Å². The Labute approximate surface area is 557 Å². The lowest BCUT2D eigenvalue weighted by atomic mass is 9.32. The van der Waals surface area contributed by atoms with E-state index < -0.39 is 0 Å². The maximum atomic E-state index is 7.58. The van der Waals surface area contributed by atoms with Crippen LogP contribution in [0.5, 0.6) is 23.0 Å². The number of fused-ring (bicyclic) bond motifs is 16. The number of rotatable bonds is 10. The van der Waals surface area contributed by atoms with Crippen LogP contribution in [0.3, 0.4) is 0 Å². The number of nitrogens with one attached hydrogen (secondary N) is 2. The lowest BCUT2D eigenvalue weighted by Gasteiger charge is -2.38. The second-order valence-electron chi connectivity index (χ2n) is 26.5. The molecule has 19 rings (SSSR count). The van der Waals surface area contributed by atoms with Crippen LogP contribution in [0.1, 0.15) is 49.9 Å². The highest BCUT2D eigenvalue weighted by Gasteiger charge is 2.49. The molecule has 446 valence electrons. The van der Waals surface area contributed by atoms with Crippen LogP contribution in [-0.4, -0.2) is 13.4 Å². The molecule has 0 amide bonds. The molecule has 0 unspecified atom stereocenters. The summed E-state index contributed by atoms with van der Waals surface area (Å²) >= 11 is 3.80. The minimum Gasteiger partial charge on any atom is -0.458 e. The maximum Gasteiger partial charge on any atom is 0.253 e. The first-order chi connectivity index (χ1) is 46.1. The standard InChI is InChI=1S/C84H60B2N4O2S2/c1-83(2)63-39-41-67-81(77(63)61-37-35-53(43-65(61)83)87-51-23-11-5-12-24-51)93-75-47-59(89(55-27-15-7-16-28-55)56-29-17-8-18-30-56)45-73-79(75)85(67)69-49-70-72(50-71(69)91-73)92-74-46-60(90(57-31-19-9-20-32-57)58-33-21-10-22-34-58)48-76-80(74)86(70)68-42-40-64-78(82(68)94-76)62-38-36-54(44-66(62)84(64,3)4)88-52-25-13-6-14-26-52/h5-50,87-88H,1-4H3. The number of hydrogen-bond donors (Lipinski definition) is 2. The van der Waals surface area contributed by atoms with Gasteiger partial charge in [-0.25, -0.2) is 0 Å². The first-order valence-corrected chi connectivity index (χ1v) is 34.1. The summed E-state index contributed by atoms with van der Waals surface area (Å²) in [5.41, 5.74) is 27.8. The van der Waals surface area contributed by atoms with Crippen LogP contribution in [-0.2, 0) is 10.8 Å². The summed E-state index contributed by atoms with van der Waals surface area (Å²) in [6.45, 7) is 9.25. The van der Waals surface area contributed by atoms with Gasteiger partial charge in [-0.15, -0.1) is 0 Å². The third-order valence-corrected chi connectivity index (χ3v) is 22.8. The van der Waals surface area contributed by atoms with Gasteiger partial charge in [0, 0.05) is 94.1 Å². The molecule has 4 heterocycles. The van der Waals surface area contributed by atoms with Crippen molar-refractivity contribution in [2.24, 2.45) is 0 Å². The van der Waals surface area contributed by atoms with Crippen LogP contribution in [0, 0.1) is 0 Å². The molecule has 4 aliphatic heterocycles. The first-order valence-electron chi connectivity index (χ1n) is 32.4. The molecule has 13 aromatic rings. The van der Waals surface area contributed by atoms with Crippen molar-refractivity contribution >= 4 is 127 Å². The highest BCUT2D eigenvalue weighted by molar-refractivity contribution is 8.00. The van der Waals surface area contributed by atoms with E-state index in [-0.39, 0.29) is 24.3 Å². The zero-order valence-corrected chi connectivity index (χ0v) is 53.9. The quantitative estimate of drug-likeness (QED) is 0.131. The van der Waals surface area contributed by atoms with Crippen molar-refractivity contribution in [2.75, 3.05) is 20.4 Å². The van der Waals surface area contributed by atoms with Crippen LogP contribution < -0.4 is 62.7 Å². The van der Waals surface area contributed by atoms with Crippen LogP contribution in [0.25, 0.3) is 22.3 Å². The molecule has 0 fully saturated rings. The van der Waals surface area contributed by atoms with Crippen LogP contribution in [0.4, 0.5) is 56.9 Å². The van der Waals surface area contributed by atoms with E-state index in [1.807, 2.05) is 23.5 Å². The van der Waals surface area contributed by atoms with Gasteiger partial charge in [-0.2, -0.15) is 0 Å². The molecule has 2 aliphatic carbocycles. The van der Waals surface area contributed by atoms with Gasteiger partial charge in [0.05, 0.1) is 11.4 Å². The van der Waals surface area contributed by atoms with Gasteiger partial charge in [0.25, 0.3) is 13.4 Å². The van der Waals surface area contributed by atoms with E-state index in [1.54, 1.807) is 0 Å². The van der Waals surface area contributed by atoms with Gasteiger partial charge >= 0.3 is 0 Å². The Morgan fingerprint density at radius 3 is 1.04 bits per heavy atom. The fourth-order valence-corrected chi connectivity index (χ4v) is 18.7. The van der Waals surface area contributed by atoms with Gasteiger partial charge in [-0.1, -0.05) is 214 Å². The summed E-state index contributed by atoms with van der Waals surface area (Å²) in [4.78, 5) is 9.68. The molecular weight excluding hydrogens is 1180 g/mol. The minimum atomic E-state index is -0.267. The summed E-state index contributed by atoms with van der Waals surface area (Å²) in [6, 6.07) is 102. The average molecular weight is 1240 g/mol. The Hall–Kier alpha value is -10.5. The fourth-order valence-electron chi connectivity index (χ4n) is 16.0. The van der Waals surface area contributed by atoms with E-state index in [0.29, 0.717) is 0 Å². The third kappa shape index (κ3) is 8.48. The SMILES string of the molecule is CC1(C)c2cc(Nc3ccccc3)ccc2-c2c1ccc1c2Sc2cc(N(c3ccccc3)c3ccccc3)cc3c2B1c1cc2c(cc1O3)Oc1cc(N(c3ccccc3)c3ccccc3)cc3c1B2c1ccc2c(c1S3)-c1ccc(Nc3ccccc3)cc1C2(C)C. The molecule has 6 aliphatic rings. The van der Waals surface area contributed by atoms with Crippen LogP contribution in [0.2, 0.25) is 0 Å². The van der Waals surface area contributed by atoms with E-state index in [2.05, 4.69) is 327 Å². The molecule has 10 heteroatoms. The monoisotopic (exact) mass is 1240 g/mol. The predicted octanol–water partition coefficient (Wildman–Crippen LogP) is 18.9. The maximum absolute atomic E-state index is 7.58. The van der Waals surface area contributed by atoms with E-state index in [4.69, 9.17) is 9.47 Å². The van der Waals surface area contributed by atoms with Crippen molar-refractivity contribution in [3.63, 3.8) is 0 Å².